The van der Waals surface area contributed by atoms with E-state index in [4.69, 9.17) is 4.74 Å². The van der Waals surface area contributed by atoms with Crippen LogP contribution in [0, 0.1) is 15.9 Å². The summed E-state index contributed by atoms with van der Waals surface area (Å²) in [6.07, 6.45) is 2.92. The second kappa shape index (κ2) is 5.05. The van der Waals surface area contributed by atoms with E-state index in [9.17, 15) is 14.5 Å². The second-order valence-corrected chi connectivity index (χ2v) is 4.07. The van der Waals surface area contributed by atoms with Crippen LogP contribution in [0.2, 0.25) is 0 Å². The zero-order valence-electron chi connectivity index (χ0n) is 8.71. The normalized spacial score (nSPS) is 10.1. The molecule has 6 nitrogen and oxygen atoms in total. The van der Waals surface area contributed by atoms with Crippen LogP contribution in [-0.2, 0) is 0 Å². The Morgan fingerprint density at radius 2 is 2.00 bits per heavy atom. The van der Waals surface area contributed by atoms with Crippen molar-refractivity contribution in [1.82, 2.24) is 9.97 Å². The Balaban J connectivity index is 2.22. The maximum absolute atomic E-state index is 13.3. The largest absolute Gasteiger partial charge is 0.424 e. The van der Waals surface area contributed by atoms with Gasteiger partial charge in [0.15, 0.2) is 0 Å². The molecule has 0 bridgehead atoms. The van der Waals surface area contributed by atoms with E-state index in [2.05, 4.69) is 25.9 Å². The zero-order valence-corrected chi connectivity index (χ0v) is 10.3. The summed E-state index contributed by atoms with van der Waals surface area (Å²) in [5.41, 5.74) is -0.612. The van der Waals surface area contributed by atoms with Crippen LogP contribution in [0.15, 0.2) is 35.1 Å². The molecular formula is C10H5BrFN3O3. The molecule has 0 spiro atoms. The monoisotopic (exact) mass is 313 g/mol. The molecule has 0 aliphatic carbocycles. The Morgan fingerprint density at radius 3 is 2.56 bits per heavy atom. The third kappa shape index (κ3) is 2.77. The minimum Gasteiger partial charge on any atom is -0.424 e. The Kier molecular flexibility index (Phi) is 3.47. The van der Waals surface area contributed by atoms with E-state index in [0.29, 0.717) is 4.47 Å². The predicted octanol–water partition coefficient (Wildman–Crippen LogP) is 3.08. The maximum Gasteiger partial charge on any atom is 0.321 e. The van der Waals surface area contributed by atoms with Gasteiger partial charge in [-0.1, -0.05) is 0 Å². The summed E-state index contributed by atoms with van der Waals surface area (Å²) in [5.74, 6) is -0.893. The van der Waals surface area contributed by atoms with Gasteiger partial charge in [-0.15, -0.1) is 0 Å². The van der Waals surface area contributed by atoms with Gasteiger partial charge in [0.1, 0.15) is 5.75 Å². The van der Waals surface area contributed by atoms with Crippen LogP contribution in [0.25, 0.3) is 0 Å². The van der Waals surface area contributed by atoms with E-state index in [1.165, 1.54) is 18.5 Å². The molecule has 0 N–H and O–H groups in total. The summed E-state index contributed by atoms with van der Waals surface area (Å²) in [5, 5.41) is 10.4. The molecule has 0 radical (unpaired) electrons. The van der Waals surface area contributed by atoms with Crippen molar-refractivity contribution in [2.45, 2.75) is 0 Å². The van der Waals surface area contributed by atoms with E-state index in [0.717, 1.165) is 12.1 Å². The molecule has 0 atom stereocenters. The number of halogens is 2. The number of hydrogen-bond acceptors (Lipinski definition) is 5. The fourth-order valence-corrected chi connectivity index (χ4v) is 1.36. The van der Waals surface area contributed by atoms with Gasteiger partial charge in [-0.05, 0) is 22.0 Å². The third-order valence-corrected chi connectivity index (χ3v) is 2.33. The van der Waals surface area contributed by atoms with Crippen molar-refractivity contribution < 1.29 is 14.1 Å². The minimum absolute atomic E-state index is 0.0199. The SMILES string of the molecule is O=[N+]([O-])c1ccc(Oc2ncc(Br)cn2)cc1F. The van der Waals surface area contributed by atoms with Crippen LogP contribution < -0.4 is 4.74 Å². The topological polar surface area (TPSA) is 78.2 Å². The van der Waals surface area contributed by atoms with Gasteiger partial charge < -0.3 is 4.74 Å². The first-order valence-electron chi connectivity index (χ1n) is 4.65. The predicted molar refractivity (Wildman–Crippen MR) is 62.9 cm³/mol. The van der Waals surface area contributed by atoms with Gasteiger partial charge in [-0.25, -0.2) is 9.97 Å². The quantitative estimate of drug-likeness (QED) is 0.642. The van der Waals surface area contributed by atoms with Gasteiger partial charge in [-0.3, -0.25) is 10.1 Å². The molecule has 1 aromatic carbocycles. The van der Waals surface area contributed by atoms with Gasteiger partial charge in [0, 0.05) is 24.5 Å². The molecule has 2 aromatic rings. The molecule has 0 amide bonds. The summed E-state index contributed by atoms with van der Waals surface area (Å²) >= 11 is 3.15. The highest BCUT2D eigenvalue weighted by Crippen LogP contribution is 2.25. The van der Waals surface area contributed by atoms with Crippen molar-refractivity contribution in [2.24, 2.45) is 0 Å². The first-order chi connectivity index (χ1) is 8.56. The molecule has 0 aliphatic heterocycles. The summed E-state index contributed by atoms with van der Waals surface area (Å²) in [4.78, 5) is 17.3. The Hall–Kier alpha value is -2.09. The summed E-state index contributed by atoms with van der Waals surface area (Å²) in [6, 6.07) is 3.21. The average Bonchev–Trinajstić information content (AvgIpc) is 2.32. The highest BCUT2D eigenvalue weighted by atomic mass is 79.9. The van der Waals surface area contributed by atoms with Crippen LogP contribution in [0.4, 0.5) is 10.1 Å². The van der Waals surface area contributed by atoms with E-state index < -0.39 is 16.4 Å². The fraction of sp³-hybridized carbons (Fsp3) is 0. The summed E-state index contributed by atoms with van der Waals surface area (Å²) in [6.45, 7) is 0. The molecule has 8 heteroatoms. The van der Waals surface area contributed by atoms with Gasteiger partial charge in [0.25, 0.3) is 0 Å². The minimum atomic E-state index is -0.977. The highest BCUT2D eigenvalue weighted by Gasteiger charge is 2.14. The third-order valence-electron chi connectivity index (χ3n) is 1.92. The van der Waals surface area contributed by atoms with E-state index in [1.54, 1.807) is 0 Å². The van der Waals surface area contributed by atoms with Crippen LogP contribution in [0.3, 0.4) is 0 Å². The van der Waals surface area contributed by atoms with Crippen LogP contribution in [0.1, 0.15) is 0 Å². The first kappa shape index (κ1) is 12.4. The lowest BCUT2D eigenvalue weighted by Crippen LogP contribution is -1.95. The molecule has 1 aromatic heterocycles. The number of nitro benzene ring substituents is 1. The number of aromatic nitrogens is 2. The summed E-state index contributed by atoms with van der Waals surface area (Å²) in [7, 11) is 0. The molecular weight excluding hydrogens is 309 g/mol. The second-order valence-electron chi connectivity index (χ2n) is 3.16. The van der Waals surface area contributed by atoms with Gasteiger partial charge in [0.05, 0.1) is 9.40 Å². The fourth-order valence-electron chi connectivity index (χ4n) is 1.16. The van der Waals surface area contributed by atoms with Crippen molar-refractivity contribution in [3.63, 3.8) is 0 Å². The highest BCUT2D eigenvalue weighted by molar-refractivity contribution is 9.10. The van der Waals surface area contributed by atoms with Crippen molar-refractivity contribution in [1.29, 1.82) is 0 Å². The summed E-state index contributed by atoms with van der Waals surface area (Å²) < 4.78 is 19.1. The molecule has 0 aliphatic rings. The molecule has 92 valence electrons. The first-order valence-corrected chi connectivity index (χ1v) is 5.45. The van der Waals surface area contributed by atoms with Gasteiger partial charge in [0.2, 0.25) is 5.82 Å². The van der Waals surface area contributed by atoms with E-state index in [1.807, 2.05) is 0 Å². The molecule has 2 rings (SSSR count). The van der Waals surface area contributed by atoms with Gasteiger partial charge >= 0.3 is 11.7 Å². The lowest BCUT2D eigenvalue weighted by molar-refractivity contribution is -0.387. The number of benzene rings is 1. The number of hydrogen-bond donors (Lipinski definition) is 0. The molecule has 1 heterocycles. The standard InChI is InChI=1S/C10H5BrFN3O3/c11-6-4-13-10(14-5-6)18-7-1-2-9(15(16)17)8(12)3-7/h1-5H. The maximum atomic E-state index is 13.3. The van der Waals surface area contributed by atoms with E-state index in [-0.39, 0.29) is 11.8 Å². The van der Waals surface area contributed by atoms with Crippen LogP contribution in [0.5, 0.6) is 11.8 Å². The van der Waals surface area contributed by atoms with Crippen molar-refractivity contribution in [3.8, 4) is 11.8 Å². The number of rotatable bonds is 3. The molecule has 0 fully saturated rings. The van der Waals surface area contributed by atoms with Crippen LogP contribution in [-0.4, -0.2) is 14.9 Å². The van der Waals surface area contributed by atoms with Crippen molar-refractivity contribution in [3.05, 3.63) is 51.0 Å². The molecule has 0 unspecified atom stereocenters. The van der Waals surface area contributed by atoms with E-state index >= 15 is 0 Å². The lowest BCUT2D eigenvalue weighted by atomic mass is 10.3. The lowest BCUT2D eigenvalue weighted by Gasteiger charge is -2.03. The van der Waals surface area contributed by atoms with Crippen molar-refractivity contribution in [2.75, 3.05) is 0 Å². The Bertz CT molecular complexity index is 591. The molecule has 0 saturated carbocycles. The smallest absolute Gasteiger partial charge is 0.321 e. The molecule has 18 heavy (non-hydrogen) atoms. The van der Waals surface area contributed by atoms with Gasteiger partial charge in [-0.2, -0.15) is 4.39 Å². The molecule has 0 saturated heterocycles. The number of nitrogens with zero attached hydrogens (tertiary/aromatic N) is 3. The van der Waals surface area contributed by atoms with Crippen molar-refractivity contribution >= 4 is 21.6 Å². The Labute approximate surface area is 109 Å². The number of ether oxygens (including phenoxy) is 1. The average molecular weight is 314 g/mol. The Morgan fingerprint density at radius 1 is 1.33 bits per heavy atom. The number of nitro groups is 1. The zero-order chi connectivity index (χ0) is 13.1. The van der Waals surface area contributed by atoms with Crippen LogP contribution >= 0.6 is 15.9 Å².